The van der Waals surface area contributed by atoms with Crippen molar-refractivity contribution in [3.8, 4) is 0 Å². The van der Waals surface area contributed by atoms with E-state index in [4.69, 9.17) is 12.2 Å². The maximum Gasteiger partial charge on any atom is 0.257 e. The van der Waals surface area contributed by atoms with E-state index in [1.807, 2.05) is 54.6 Å². The second-order valence-corrected chi connectivity index (χ2v) is 7.91. The summed E-state index contributed by atoms with van der Waals surface area (Å²) >= 11 is 5.32. The van der Waals surface area contributed by atoms with Crippen LogP contribution in [0, 0.1) is 0 Å². The Morgan fingerprint density at radius 1 is 0.897 bits per heavy atom. The number of nitrogens with one attached hydrogen (secondary N) is 2. The van der Waals surface area contributed by atoms with Crippen LogP contribution in [0.5, 0.6) is 0 Å². The fourth-order valence-corrected chi connectivity index (χ4v) is 3.95. The molecule has 2 N–H and O–H groups in total. The van der Waals surface area contributed by atoms with Crippen LogP contribution < -0.4 is 10.6 Å². The minimum atomic E-state index is -0.213. The molecule has 0 aromatic heterocycles. The second-order valence-electron chi connectivity index (χ2n) is 7.50. The number of hydrogen-bond donors (Lipinski definition) is 2. The fourth-order valence-electron chi connectivity index (χ4n) is 3.74. The summed E-state index contributed by atoms with van der Waals surface area (Å²) in [6, 6.07) is 21.9. The molecule has 1 saturated heterocycles. The van der Waals surface area contributed by atoms with Gasteiger partial charge in [0.2, 0.25) is 0 Å². The molecule has 0 radical (unpaired) electrons. The van der Waals surface area contributed by atoms with Gasteiger partial charge >= 0.3 is 0 Å². The quantitative estimate of drug-likeness (QED) is 0.605. The number of amides is 1. The molecule has 148 valence electrons. The molecule has 4 rings (SSSR count). The van der Waals surface area contributed by atoms with Gasteiger partial charge in [0, 0.05) is 17.8 Å². The van der Waals surface area contributed by atoms with Crippen molar-refractivity contribution in [1.82, 2.24) is 10.2 Å². The van der Waals surface area contributed by atoms with E-state index in [1.165, 1.54) is 37.9 Å². The highest BCUT2D eigenvalue weighted by Gasteiger charge is 2.11. The standard InChI is InChI=1S/C24H25N3OS/c28-23(21-11-10-19-6-2-3-7-20(19)16-21)26-24(29)25-22-12-8-18(9-13-22)17-27-14-4-1-5-15-27/h2-3,6-13,16H,1,4-5,14-15,17H2,(H2,25,26,28,29). The molecule has 0 unspecified atom stereocenters. The van der Waals surface area contributed by atoms with Crippen LogP contribution in [-0.2, 0) is 6.54 Å². The van der Waals surface area contributed by atoms with Gasteiger partial charge in [0.1, 0.15) is 0 Å². The topological polar surface area (TPSA) is 44.4 Å². The van der Waals surface area contributed by atoms with Crippen LogP contribution in [0.2, 0.25) is 0 Å². The molecular formula is C24H25N3OS. The third kappa shape index (κ3) is 5.19. The molecule has 5 heteroatoms. The van der Waals surface area contributed by atoms with Gasteiger partial charge in [-0.05, 0) is 78.8 Å². The molecule has 0 bridgehead atoms. The lowest BCUT2D eigenvalue weighted by Gasteiger charge is -2.26. The number of rotatable bonds is 4. The molecule has 3 aromatic rings. The van der Waals surface area contributed by atoms with Crippen LogP contribution >= 0.6 is 12.2 Å². The van der Waals surface area contributed by atoms with E-state index in [0.717, 1.165) is 23.0 Å². The lowest BCUT2D eigenvalue weighted by Crippen LogP contribution is -2.34. The van der Waals surface area contributed by atoms with Crippen molar-refractivity contribution in [2.45, 2.75) is 25.8 Å². The highest BCUT2D eigenvalue weighted by atomic mass is 32.1. The number of likely N-dealkylation sites (tertiary alicyclic amines) is 1. The van der Waals surface area contributed by atoms with E-state index in [1.54, 1.807) is 0 Å². The summed E-state index contributed by atoms with van der Waals surface area (Å²) in [6.45, 7) is 3.36. The van der Waals surface area contributed by atoms with Crippen LogP contribution in [0.15, 0.2) is 66.7 Å². The predicted molar refractivity (Wildman–Crippen MR) is 123 cm³/mol. The van der Waals surface area contributed by atoms with Crippen molar-refractivity contribution < 1.29 is 4.79 Å². The lowest BCUT2D eigenvalue weighted by molar-refractivity contribution is 0.0978. The number of fused-ring (bicyclic) bond motifs is 1. The van der Waals surface area contributed by atoms with Crippen molar-refractivity contribution in [2.24, 2.45) is 0 Å². The van der Waals surface area contributed by atoms with Crippen molar-refractivity contribution in [2.75, 3.05) is 18.4 Å². The number of nitrogens with zero attached hydrogens (tertiary/aromatic N) is 1. The SMILES string of the molecule is O=C(NC(=S)Nc1ccc(CN2CCCCC2)cc1)c1ccc2ccccc2c1. The molecule has 29 heavy (non-hydrogen) atoms. The van der Waals surface area contributed by atoms with Gasteiger partial charge in [0.05, 0.1) is 0 Å². The van der Waals surface area contributed by atoms with Gasteiger partial charge < -0.3 is 5.32 Å². The fraction of sp³-hybridized carbons (Fsp3) is 0.250. The summed E-state index contributed by atoms with van der Waals surface area (Å²) in [5.74, 6) is -0.213. The Balaban J connectivity index is 1.33. The molecule has 1 aliphatic heterocycles. The molecule has 0 atom stereocenters. The highest BCUT2D eigenvalue weighted by molar-refractivity contribution is 7.80. The van der Waals surface area contributed by atoms with Crippen LogP contribution in [0.1, 0.15) is 35.2 Å². The zero-order valence-corrected chi connectivity index (χ0v) is 17.2. The predicted octanol–water partition coefficient (Wildman–Crippen LogP) is 4.95. The Morgan fingerprint density at radius 3 is 2.38 bits per heavy atom. The molecular weight excluding hydrogens is 378 g/mol. The average molecular weight is 404 g/mol. The number of piperidine rings is 1. The van der Waals surface area contributed by atoms with Crippen molar-refractivity contribution in [1.29, 1.82) is 0 Å². The molecule has 0 spiro atoms. The molecule has 1 amide bonds. The first-order valence-corrected chi connectivity index (χ1v) is 10.5. The summed E-state index contributed by atoms with van der Waals surface area (Å²) in [6.07, 6.45) is 3.94. The smallest absolute Gasteiger partial charge is 0.257 e. The summed E-state index contributed by atoms with van der Waals surface area (Å²) < 4.78 is 0. The third-order valence-electron chi connectivity index (χ3n) is 5.31. The van der Waals surface area contributed by atoms with Gasteiger partial charge in [-0.3, -0.25) is 15.0 Å². The Morgan fingerprint density at radius 2 is 1.62 bits per heavy atom. The van der Waals surface area contributed by atoms with Gasteiger partial charge in [0.15, 0.2) is 5.11 Å². The van der Waals surface area contributed by atoms with E-state index < -0.39 is 0 Å². The zero-order valence-electron chi connectivity index (χ0n) is 16.4. The summed E-state index contributed by atoms with van der Waals surface area (Å²) in [5.41, 5.74) is 2.75. The van der Waals surface area contributed by atoms with Crippen molar-refractivity contribution in [3.05, 3.63) is 77.9 Å². The van der Waals surface area contributed by atoms with Gasteiger partial charge in [-0.15, -0.1) is 0 Å². The minimum absolute atomic E-state index is 0.213. The van der Waals surface area contributed by atoms with Gasteiger partial charge in [-0.25, -0.2) is 0 Å². The number of carbonyl (C=O) groups excluding carboxylic acids is 1. The molecule has 1 aliphatic rings. The van der Waals surface area contributed by atoms with Gasteiger partial charge in [-0.1, -0.05) is 48.9 Å². The molecule has 1 fully saturated rings. The normalized spacial score (nSPS) is 14.5. The molecule has 4 nitrogen and oxygen atoms in total. The largest absolute Gasteiger partial charge is 0.332 e. The first-order chi connectivity index (χ1) is 14.2. The lowest BCUT2D eigenvalue weighted by atomic mass is 10.1. The van der Waals surface area contributed by atoms with Crippen LogP contribution in [0.25, 0.3) is 10.8 Å². The van der Waals surface area contributed by atoms with Crippen molar-refractivity contribution >= 4 is 39.7 Å². The molecule has 0 saturated carbocycles. The van der Waals surface area contributed by atoms with E-state index in [2.05, 4.69) is 27.7 Å². The second kappa shape index (κ2) is 9.16. The van der Waals surface area contributed by atoms with Gasteiger partial charge in [0.25, 0.3) is 5.91 Å². The first-order valence-electron chi connectivity index (χ1n) is 10.1. The van der Waals surface area contributed by atoms with Crippen LogP contribution in [-0.4, -0.2) is 29.0 Å². The number of benzene rings is 3. The Bertz CT molecular complexity index is 1010. The maximum atomic E-state index is 12.5. The molecule has 1 heterocycles. The number of carbonyl (C=O) groups is 1. The average Bonchev–Trinajstić information content (AvgIpc) is 2.75. The summed E-state index contributed by atoms with van der Waals surface area (Å²) in [5, 5.41) is 8.29. The molecule has 0 aliphatic carbocycles. The Kier molecular flexibility index (Phi) is 6.17. The third-order valence-corrected chi connectivity index (χ3v) is 5.51. The molecule has 3 aromatic carbocycles. The Hall–Kier alpha value is -2.76. The van der Waals surface area contributed by atoms with Crippen LogP contribution in [0.3, 0.4) is 0 Å². The number of thiocarbonyl (C=S) groups is 1. The Labute approximate surface area is 176 Å². The maximum absolute atomic E-state index is 12.5. The highest BCUT2D eigenvalue weighted by Crippen LogP contribution is 2.17. The number of anilines is 1. The first kappa shape index (κ1) is 19.6. The van der Waals surface area contributed by atoms with Crippen LogP contribution in [0.4, 0.5) is 5.69 Å². The van der Waals surface area contributed by atoms with E-state index >= 15 is 0 Å². The van der Waals surface area contributed by atoms with Crippen molar-refractivity contribution in [3.63, 3.8) is 0 Å². The van der Waals surface area contributed by atoms with E-state index in [-0.39, 0.29) is 5.91 Å². The summed E-state index contributed by atoms with van der Waals surface area (Å²) in [4.78, 5) is 15.0. The summed E-state index contributed by atoms with van der Waals surface area (Å²) in [7, 11) is 0. The van der Waals surface area contributed by atoms with E-state index in [9.17, 15) is 4.79 Å². The number of hydrogen-bond acceptors (Lipinski definition) is 3. The van der Waals surface area contributed by atoms with Gasteiger partial charge in [-0.2, -0.15) is 0 Å². The van der Waals surface area contributed by atoms with E-state index in [0.29, 0.717) is 10.7 Å². The minimum Gasteiger partial charge on any atom is -0.332 e. The monoisotopic (exact) mass is 403 g/mol. The zero-order chi connectivity index (χ0) is 20.1.